The van der Waals surface area contributed by atoms with Crippen LogP contribution in [0.15, 0.2) is 146 Å². The van der Waals surface area contributed by atoms with E-state index < -0.39 is 97.4 Å². The van der Waals surface area contributed by atoms with Crippen molar-refractivity contribution in [2.24, 2.45) is 0 Å². The van der Waals surface area contributed by atoms with Crippen LogP contribution in [0.2, 0.25) is 0 Å². The largest absolute Gasteiger partial charge is 0.508 e. The summed E-state index contributed by atoms with van der Waals surface area (Å²) in [5.74, 6) is -12.5. The van der Waals surface area contributed by atoms with Gasteiger partial charge in [0, 0.05) is 93.1 Å². The van der Waals surface area contributed by atoms with Crippen molar-refractivity contribution in [3.8, 4) is 57.5 Å². The molecule has 732 valence electrons. The number of ketones is 2. The van der Waals surface area contributed by atoms with Gasteiger partial charge in [0.25, 0.3) is 10.5 Å². The number of esters is 12. The number of carboxylic acid groups (broad SMARTS) is 2. The number of halogens is 7. The maximum Gasteiger partial charge on any atom is 0.346 e. The van der Waals surface area contributed by atoms with Crippen LogP contribution in [-0.2, 0) is 33.4 Å². The third-order valence-corrected chi connectivity index (χ3v) is 15.4. The zero-order valence-corrected chi connectivity index (χ0v) is 77.5. The SMILES string of the molecule is C.C.C.C.C.CC.CC.CC.CC(=O)Oc1cc(OC(C)=O)cc(C(=O)Cl)c1.CC(=O)Oc1cc(OC(C)=O)cc(C(=O)O)c1.CCCC.CCCCC(=O)c1cc(O)cc(O)c1.CCCCC(=O)c1cc(OC(=O)c2ccc3c(c2)C(=O)OC3=O)cc(OC(=O)c2ccc3c(c2)C(=O)OC3=O)c1.ClP(Cl)(Cl)(Cl)Cl.O=C(Cl)c1ccc2c(c1)C(=O)OC2=O.O=C(O)c1cc(O)cc(O)c1. The van der Waals surface area contributed by atoms with Crippen molar-refractivity contribution in [2.45, 2.75) is 185 Å². The maximum absolute atomic E-state index is 12.9. The number of hydrogen-bond donors (Lipinski definition) is 6. The normalized spacial score (nSPS) is 10.9. The van der Waals surface area contributed by atoms with E-state index in [-0.39, 0.29) is 185 Å². The molecule has 6 N–H and O–H groups in total. The van der Waals surface area contributed by atoms with Crippen molar-refractivity contribution >= 4 is 188 Å². The molecule has 8 aromatic rings. The first-order chi connectivity index (χ1) is 60.4. The van der Waals surface area contributed by atoms with Gasteiger partial charge in [-0.1, -0.05) is 132 Å². The first-order valence-electron chi connectivity index (χ1n) is 38.3. The van der Waals surface area contributed by atoms with E-state index in [9.17, 15) is 86.3 Å². The Morgan fingerprint density at radius 1 is 0.291 bits per heavy atom. The van der Waals surface area contributed by atoms with Gasteiger partial charge in [0.15, 0.2) is 11.6 Å². The molecule has 0 aliphatic carbocycles. The van der Waals surface area contributed by atoms with E-state index in [1.807, 2.05) is 55.4 Å². The van der Waals surface area contributed by atoms with Gasteiger partial charge in [-0.3, -0.25) is 38.4 Å². The number of phenolic OH excluding ortho intramolecular Hbond substituents is 4. The summed E-state index contributed by atoms with van der Waals surface area (Å²) in [6.45, 7) is 25.1. The third kappa shape index (κ3) is 47.6. The monoisotopic (exact) mass is 2030 g/mol. The number of Topliss-reactive ketones (excluding diaryl/α,β-unsaturated/α-hetero) is 2. The Morgan fingerprint density at radius 2 is 0.507 bits per heavy atom. The predicted octanol–water partition coefficient (Wildman–Crippen LogP) is 24.3. The molecule has 0 saturated carbocycles. The number of aromatic carboxylic acids is 2. The molecule has 0 amide bonds. The van der Waals surface area contributed by atoms with Crippen LogP contribution in [0.5, 0.6) is 57.5 Å². The van der Waals surface area contributed by atoms with Crippen LogP contribution in [0.25, 0.3) is 0 Å². The van der Waals surface area contributed by atoms with Gasteiger partial charge in [-0.15, -0.1) is 0 Å². The second-order valence-electron chi connectivity index (χ2n) is 24.9. The summed E-state index contributed by atoms with van der Waals surface area (Å²) < 4.78 is 39.6. The van der Waals surface area contributed by atoms with Gasteiger partial charge in [0.1, 0.15) is 57.5 Å². The number of carboxylic acids is 2. The summed E-state index contributed by atoms with van der Waals surface area (Å²) in [4.78, 5) is 205. The molecule has 3 heterocycles. The van der Waals surface area contributed by atoms with Crippen molar-refractivity contribution in [3.63, 3.8) is 0 Å². The van der Waals surface area contributed by atoms with Gasteiger partial charge < -0.3 is 73.3 Å². The zero-order valence-electron chi connectivity index (χ0n) is 71.3. The fourth-order valence-electron chi connectivity index (χ4n) is 9.53. The number of hydrogen-bond acceptors (Lipinski definition) is 31. The molecule has 0 spiro atoms. The van der Waals surface area contributed by atoms with E-state index in [1.165, 1.54) is 144 Å². The molecule has 3 aliphatic rings. The van der Waals surface area contributed by atoms with Crippen LogP contribution in [0.3, 0.4) is 0 Å². The molecule has 0 atom stereocenters. The Morgan fingerprint density at radius 3 is 0.754 bits per heavy atom. The first kappa shape index (κ1) is 130. The number of unbranched alkanes of at least 4 members (excludes halogenated alkanes) is 3. The number of carbonyl (C=O) groups excluding carboxylic acids is 16. The number of aromatic hydroxyl groups is 4. The molecule has 0 aromatic heterocycles. The summed E-state index contributed by atoms with van der Waals surface area (Å²) in [7, 11) is 0. The van der Waals surface area contributed by atoms with Gasteiger partial charge in [0.2, 0.25) is 0 Å². The van der Waals surface area contributed by atoms with Crippen LogP contribution in [0.1, 0.15) is 330 Å². The van der Waals surface area contributed by atoms with Crippen LogP contribution in [0.4, 0.5) is 0 Å². The summed E-state index contributed by atoms with van der Waals surface area (Å²) >= 11 is 35.4. The number of ether oxygens (including phenoxy) is 9. The fourth-order valence-corrected chi connectivity index (χ4v) is 9.76. The Bertz CT molecular complexity index is 5170. The first-order valence-corrected chi connectivity index (χ1v) is 45.8. The molecule has 8 aromatic carbocycles. The molecule has 134 heavy (non-hydrogen) atoms. The molecular weight excluding hydrogens is 1920 g/mol. The summed E-state index contributed by atoms with van der Waals surface area (Å²) in [5.41, 5.74) is 0.433. The van der Waals surface area contributed by atoms with Gasteiger partial charge in [-0.2, -0.15) is 0 Å². The van der Waals surface area contributed by atoms with Crippen molar-refractivity contribution < 1.29 is 160 Å². The van der Waals surface area contributed by atoms with Crippen LogP contribution < -0.4 is 28.4 Å². The smallest absolute Gasteiger partial charge is 0.346 e. The van der Waals surface area contributed by atoms with Gasteiger partial charge in [0.05, 0.1) is 55.6 Å². The number of rotatable bonds is 21. The number of cyclic esters (lactones) is 6. The Labute approximate surface area is 809 Å². The minimum Gasteiger partial charge on any atom is -0.508 e. The average Bonchev–Trinajstić information content (AvgIpc) is 1.65. The molecule has 33 nitrogen and oxygen atoms in total. The van der Waals surface area contributed by atoms with E-state index in [0.29, 0.717) is 18.4 Å². The second kappa shape index (κ2) is 63.4. The van der Waals surface area contributed by atoms with Gasteiger partial charge >= 0.3 is 143 Å². The summed E-state index contributed by atoms with van der Waals surface area (Å²) in [6.07, 6.45) is 6.44. The zero-order chi connectivity index (χ0) is 98.7. The Balaban J connectivity index is -0.000000505. The van der Waals surface area contributed by atoms with Crippen LogP contribution in [0, 0.1) is 0 Å². The van der Waals surface area contributed by atoms with Crippen molar-refractivity contribution in [1.29, 1.82) is 0 Å². The van der Waals surface area contributed by atoms with Crippen LogP contribution in [-0.4, -0.2) is 136 Å². The van der Waals surface area contributed by atoms with Crippen molar-refractivity contribution in [3.05, 3.63) is 223 Å². The molecule has 41 heteroatoms. The molecule has 0 unspecified atom stereocenters. The summed E-state index contributed by atoms with van der Waals surface area (Å²) in [6, 6.07) is 29.8. The van der Waals surface area contributed by atoms with E-state index in [2.05, 4.69) is 28.1 Å². The minimum absolute atomic E-state index is 0. The van der Waals surface area contributed by atoms with Crippen LogP contribution >= 0.6 is 82.8 Å². The summed E-state index contributed by atoms with van der Waals surface area (Å²) in [5, 5.41) is 51.8. The van der Waals surface area contributed by atoms with E-state index >= 15 is 0 Å². The molecule has 0 bridgehead atoms. The van der Waals surface area contributed by atoms with E-state index in [1.54, 1.807) is 0 Å². The molecular formula is C93H108Cl7O33P. The maximum atomic E-state index is 12.9. The fraction of sp³-hybridized carbons (Fsp3) is 0.290. The Hall–Kier alpha value is -12.7. The number of phenols is 4. The molecule has 0 saturated heterocycles. The van der Waals surface area contributed by atoms with Crippen molar-refractivity contribution in [1.82, 2.24) is 0 Å². The van der Waals surface area contributed by atoms with E-state index in [0.717, 1.165) is 61.7 Å². The third-order valence-electron chi connectivity index (χ3n) is 14.9. The van der Waals surface area contributed by atoms with E-state index in [4.69, 9.17) is 138 Å². The van der Waals surface area contributed by atoms with Gasteiger partial charge in [-0.05, 0) is 151 Å². The standard InChI is InChI=1S/C29H18O11.C11H9ClO5.C11H10O6.C11H14O3.C9H3ClO4.C7H6O4.C4H10.3C2H6.5CH4.Cl5P/c1-2-3-4-23(30)16-9-17(37-24(31)14-5-7-19-21(11-14)28(35)39-26(19)33)13-18(10-16)38-25(32)15-6-8-20-22(12-15)29(36)40-27(20)34;1-6(13)16-9-3-8(11(12)15)4-10(5-9)17-7(2)14;1-6(12)16-9-3-8(11(14)15)4-10(5-9)17-7(2)13;1-2-3-4-11(14)8-5-9(12)7-10(13)6-8;10-7(11)4-1-2-5-6(3-4)9(13)14-8(5)12;8-5-1-4(7(10)11)2-6(9)3-5;1-3-4-2;3*1-2;;;;;;1-6(2,3,4)5/h5-13H,2-4H2,1H3;3-5H,1-2H3;3-5H,1-2H3,(H,14,15);5-7,12-13H,2-4H2,1H3;1-3H;1-3,8-9H,(H,10,11);3-4H2,1-2H3;3*1-2H3;5*1H4;. The van der Waals surface area contributed by atoms with Gasteiger partial charge in [-0.25, -0.2) is 47.9 Å². The molecule has 3 aliphatic heterocycles. The second-order valence-corrected chi connectivity index (χ2v) is 42.2. The average molecular weight is 2030 g/mol. The topological polar surface area (TPSA) is 512 Å². The molecule has 0 fully saturated rings. The quantitative estimate of drug-likeness (QED) is 0.00740. The Kier molecular flexibility index (Phi) is 61.4. The minimum atomic E-state index is -3.69. The number of benzene rings is 8. The molecule has 0 radical (unpaired) electrons. The molecule has 11 rings (SSSR count). The predicted molar refractivity (Wildman–Crippen MR) is 509 cm³/mol. The number of carbonyl (C=O) groups is 18. The number of fused-ring (bicyclic) bond motifs is 3. The van der Waals surface area contributed by atoms with Crippen molar-refractivity contribution in [2.75, 3.05) is 0 Å².